The Labute approximate surface area is 74.3 Å². The van der Waals surface area contributed by atoms with Crippen LogP contribution in [0.15, 0.2) is 0 Å². The number of nitrogens with one attached hydrogen (secondary N) is 1. The molecule has 11 heavy (non-hydrogen) atoms. The molecule has 0 amide bonds. The van der Waals surface area contributed by atoms with E-state index in [1.807, 2.05) is 0 Å². The second-order valence-electron chi connectivity index (χ2n) is 3.30. The molecule has 1 N–H and O–H groups in total. The van der Waals surface area contributed by atoms with Crippen molar-refractivity contribution in [2.45, 2.75) is 31.9 Å². The quantitative estimate of drug-likeness (QED) is 0.683. The highest BCUT2D eigenvalue weighted by Gasteiger charge is 2.17. The molecule has 0 atom stereocenters. The Balaban J connectivity index is 1.99. The van der Waals surface area contributed by atoms with Gasteiger partial charge in [-0.05, 0) is 37.6 Å². The first kappa shape index (κ1) is 9.40. The molecule has 1 fully saturated rings. The van der Waals surface area contributed by atoms with Gasteiger partial charge in [0.25, 0.3) is 0 Å². The third-order valence-corrected chi connectivity index (χ3v) is 4.15. The summed E-state index contributed by atoms with van der Waals surface area (Å²) < 4.78 is 0. The summed E-state index contributed by atoms with van der Waals surface area (Å²) >= 11 is 2.17. The molecule has 0 bridgehead atoms. The molecule has 0 aromatic heterocycles. The van der Waals surface area contributed by atoms with Crippen LogP contribution in [-0.4, -0.2) is 24.1 Å². The average Bonchev–Trinajstić information content (AvgIpc) is 1.95. The molecule has 2 heteroatoms. The molecular weight excluding hydrogens is 154 g/mol. The zero-order chi connectivity index (χ0) is 8.10. The van der Waals surface area contributed by atoms with Crippen molar-refractivity contribution in [2.75, 3.05) is 18.8 Å². The lowest BCUT2D eigenvalue weighted by Gasteiger charge is -2.28. The van der Waals surface area contributed by atoms with Gasteiger partial charge in [-0.3, -0.25) is 0 Å². The molecule has 0 radical (unpaired) electrons. The molecule has 0 unspecified atom stereocenters. The summed E-state index contributed by atoms with van der Waals surface area (Å²) in [7, 11) is 0. The van der Waals surface area contributed by atoms with Gasteiger partial charge < -0.3 is 5.32 Å². The van der Waals surface area contributed by atoms with Gasteiger partial charge in [-0.1, -0.05) is 13.8 Å². The molecule has 0 aromatic rings. The Kier molecular flexibility index (Phi) is 4.31. The highest BCUT2D eigenvalue weighted by molar-refractivity contribution is 7.99. The van der Waals surface area contributed by atoms with Gasteiger partial charge in [0.05, 0.1) is 0 Å². The van der Waals surface area contributed by atoms with E-state index < -0.39 is 0 Å². The third kappa shape index (κ3) is 3.04. The molecule has 1 saturated heterocycles. The van der Waals surface area contributed by atoms with E-state index in [1.54, 1.807) is 0 Å². The van der Waals surface area contributed by atoms with Gasteiger partial charge in [0, 0.05) is 5.25 Å². The summed E-state index contributed by atoms with van der Waals surface area (Å²) in [6.07, 6.45) is 2.67. The predicted molar refractivity (Wildman–Crippen MR) is 53.2 cm³/mol. The summed E-state index contributed by atoms with van der Waals surface area (Å²) in [6, 6.07) is 0. The molecular formula is C9H19NS. The molecule has 1 heterocycles. The maximum atomic E-state index is 3.31. The smallest absolute Gasteiger partial charge is 0.00419 e. The average molecular weight is 173 g/mol. The summed E-state index contributed by atoms with van der Waals surface area (Å²) in [4.78, 5) is 0. The normalized spacial score (nSPS) is 18.8. The van der Waals surface area contributed by atoms with Crippen LogP contribution in [0.4, 0.5) is 0 Å². The van der Waals surface area contributed by atoms with Gasteiger partial charge in [0.15, 0.2) is 0 Å². The van der Waals surface area contributed by atoms with E-state index in [1.165, 1.54) is 31.7 Å². The van der Waals surface area contributed by atoms with Gasteiger partial charge in [-0.15, -0.1) is 0 Å². The molecule has 0 spiro atoms. The maximum Gasteiger partial charge on any atom is 0.00419 e. The molecule has 1 aliphatic heterocycles. The highest BCUT2D eigenvalue weighted by Crippen LogP contribution is 2.21. The maximum absolute atomic E-state index is 3.31. The van der Waals surface area contributed by atoms with Crippen LogP contribution in [0.25, 0.3) is 0 Å². The molecule has 0 aliphatic carbocycles. The fraction of sp³-hybridized carbons (Fsp3) is 1.00. The summed E-state index contributed by atoms with van der Waals surface area (Å²) in [6.45, 7) is 7.10. The zero-order valence-corrected chi connectivity index (χ0v) is 8.41. The largest absolute Gasteiger partial charge is 0.316 e. The van der Waals surface area contributed by atoms with E-state index in [2.05, 4.69) is 30.9 Å². The fourth-order valence-electron chi connectivity index (χ4n) is 1.26. The Hall–Kier alpha value is 0.310. The van der Waals surface area contributed by atoms with Gasteiger partial charge in [0.1, 0.15) is 0 Å². The minimum Gasteiger partial charge on any atom is -0.316 e. The summed E-state index contributed by atoms with van der Waals surface area (Å²) in [5, 5.41) is 4.22. The summed E-state index contributed by atoms with van der Waals surface area (Å²) in [5.74, 6) is 2.35. The van der Waals surface area contributed by atoms with Crippen LogP contribution in [0.3, 0.4) is 0 Å². The van der Waals surface area contributed by atoms with Crippen molar-refractivity contribution in [2.24, 2.45) is 5.92 Å². The predicted octanol–water partition coefficient (Wildman–Crippen LogP) is 2.13. The van der Waals surface area contributed by atoms with E-state index in [-0.39, 0.29) is 0 Å². The Morgan fingerprint density at radius 1 is 1.36 bits per heavy atom. The third-order valence-electron chi connectivity index (χ3n) is 2.34. The van der Waals surface area contributed by atoms with Crippen LogP contribution in [-0.2, 0) is 0 Å². The Morgan fingerprint density at radius 2 is 2.00 bits per heavy atom. The number of hydrogen-bond acceptors (Lipinski definition) is 2. The standard InChI is InChI=1S/C9H19NS/c1-3-9(4-2)11-7-8-5-10-6-8/h8-10H,3-7H2,1-2H3. The molecule has 0 aromatic carbocycles. The van der Waals surface area contributed by atoms with Crippen molar-refractivity contribution in [1.82, 2.24) is 5.32 Å². The second kappa shape index (κ2) is 5.04. The first-order valence-corrected chi connectivity index (χ1v) is 5.74. The van der Waals surface area contributed by atoms with E-state index in [4.69, 9.17) is 0 Å². The van der Waals surface area contributed by atoms with Crippen molar-refractivity contribution < 1.29 is 0 Å². The lowest BCUT2D eigenvalue weighted by Crippen LogP contribution is -2.43. The van der Waals surface area contributed by atoms with Crippen LogP contribution in [0.1, 0.15) is 26.7 Å². The van der Waals surface area contributed by atoms with Crippen molar-refractivity contribution in [3.8, 4) is 0 Å². The van der Waals surface area contributed by atoms with Crippen LogP contribution in [0.2, 0.25) is 0 Å². The van der Waals surface area contributed by atoms with Gasteiger partial charge in [0.2, 0.25) is 0 Å². The molecule has 1 aliphatic rings. The number of thioether (sulfide) groups is 1. The molecule has 1 nitrogen and oxygen atoms in total. The molecule has 1 rings (SSSR count). The summed E-state index contributed by atoms with van der Waals surface area (Å²) in [5.41, 5.74) is 0. The first-order valence-electron chi connectivity index (χ1n) is 4.69. The van der Waals surface area contributed by atoms with Crippen molar-refractivity contribution in [3.63, 3.8) is 0 Å². The van der Waals surface area contributed by atoms with Crippen LogP contribution < -0.4 is 5.32 Å². The van der Waals surface area contributed by atoms with E-state index >= 15 is 0 Å². The topological polar surface area (TPSA) is 12.0 Å². The van der Waals surface area contributed by atoms with Crippen LogP contribution >= 0.6 is 11.8 Å². The SMILES string of the molecule is CCC(CC)SCC1CNC1. The van der Waals surface area contributed by atoms with Crippen molar-refractivity contribution in [1.29, 1.82) is 0 Å². The van der Waals surface area contributed by atoms with Gasteiger partial charge in [-0.25, -0.2) is 0 Å². The van der Waals surface area contributed by atoms with E-state index in [9.17, 15) is 0 Å². The van der Waals surface area contributed by atoms with Gasteiger partial charge >= 0.3 is 0 Å². The van der Waals surface area contributed by atoms with Crippen molar-refractivity contribution in [3.05, 3.63) is 0 Å². The second-order valence-corrected chi connectivity index (χ2v) is 4.63. The van der Waals surface area contributed by atoms with E-state index in [0.29, 0.717) is 0 Å². The lowest BCUT2D eigenvalue weighted by molar-refractivity contribution is 0.385. The monoisotopic (exact) mass is 173 g/mol. The minimum atomic E-state index is 0.913. The fourth-order valence-corrected chi connectivity index (χ4v) is 2.51. The molecule has 66 valence electrons. The first-order chi connectivity index (χ1) is 5.36. The van der Waals surface area contributed by atoms with Crippen molar-refractivity contribution >= 4 is 11.8 Å². The Morgan fingerprint density at radius 3 is 2.36 bits per heavy atom. The van der Waals surface area contributed by atoms with Crippen LogP contribution in [0, 0.1) is 5.92 Å². The molecule has 0 saturated carbocycles. The van der Waals surface area contributed by atoms with Gasteiger partial charge in [-0.2, -0.15) is 11.8 Å². The van der Waals surface area contributed by atoms with Crippen LogP contribution in [0.5, 0.6) is 0 Å². The lowest BCUT2D eigenvalue weighted by atomic mass is 10.1. The highest BCUT2D eigenvalue weighted by atomic mass is 32.2. The number of hydrogen-bond donors (Lipinski definition) is 1. The minimum absolute atomic E-state index is 0.913. The number of rotatable bonds is 5. The van der Waals surface area contributed by atoms with E-state index in [0.717, 1.165) is 11.2 Å². The zero-order valence-electron chi connectivity index (χ0n) is 7.60. The Bertz CT molecular complexity index is 97.7.